The van der Waals surface area contributed by atoms with Gasteiger partial charge in [0.1, 0.15) is 0 Å². The van der Waals surface area contributed by atoms with Crippen LogP contribution < -0.4 is 5.32 Å². The van der Waals surface area contributed by atoms with Crippen molar-refractivity contribution in [2.75, 3.05) is 25.5 Å². The summed E-state index contributed by atoms with van der Waals surface area (Å²) in [6.07, 6.45) is 2.62. The molecule has 0 bridgehead atoms. The molecule has 2 rings (SSSR count). The number of ether oxygens (including phenoxy) is 1. The highest BCUT2D eigenvalue weighted by atomic mass is 32.2. The van der Waals surface area contributed by atoms with Crippen molar-refractivity contribution < 1.29 is 4.74 Å². The zero-order chi connectivity index (χ0) is 11.9. The molecular formula is C10H19N5OS. The molecule has 7 heteroatoms. The topological polar surface area (TPSA) is 64.9 Å². The van der Waals surface area contributed by atoms with Crippen LogP contribution in [0.25, 0.3) is 0 Å². The molecule has 1 fully saturated rings. The largest absolute Gasteiger partial charge is 0.381 e. The molecule has 0 aromatic carbocycles. The Morgan fingerprint density at radius 3 is 3.18 bits per heavy atom. The minimum atomic E-state index is 0.737. The maximum Gasteiger partial charge on any atom is 0.209 e. The van der Waals surface area contributed by atoms with Gasteiger partial charge in [-0.05, 0) is 30.2 Å². The van der Waals surface area contributed by atoms with E-state index >= 15 is 0 Å². The van der Waals surface area contributed by atoms with Crippen molar-refractivity contribution in [2.45, 2.75) is 37.5 Å². The zero-order valence-electron chi connectivity index (χ0n) is 10.1. The van der Waals surface area contributed by atoms with Crippen LogP contribution in [0.5, 0.6) is 0 Å². The molecule has 0 spiro atoms. The summed E-state index contributed by atoms with van der Waals surface area (Å²) < 4.78 is 7.13. The Bertz CT molecular complexity index is 328. The minimum Gasteiger partial charge on any atom is -0.381 e. The van der Waals surface area contributed by atoms with Crippen LogP contribution in [-0.2, 0) is 11.3 Å². The van der Waals surface area contributed by atoms with Gasteiger partial charge in [-0.25, -0.2) is 4.68 Å². The summed E-state index contributed by atoms with van der Waals surface area (Å²) in [7, 11) is 0. The van der Waals surface area contributed by atoms with Gasteiger partial charge in [0.15, 0.2) is 0 Å². The van der Waals surface area contributed by atoms with Crippen LogP contribution in [0.2, 0.25) is 0 Å². The SMILES string of the molecule is CCOCCSc1nnnn1CCNC1CC1. The van der Waals surface area contributed by atoms with E-state index in [0.29, 0.717) is 0 Å². The van der Waals surface area contributed by atoms with Crippen LogP contribution >= 0.6 is 11.8 Å². The molecular weight excluding hydrogens is 238 g/mol. The lowest BCUT2D eigenvalue weighted by Gasteiger charge is -2.05. The Morgan fingerprint density at radius 2 is 2.41 bits per heavy atom. The lowest BCUT2D eigenvalue weighted by atomic mass is 10.6. The van der Waals surface area contributed by atoms with Crippen LogP contribution in [0, 0.1) is 0 Å². The molecule has 1 heterocycles. The standard InChI is InChI=1S/C10H19N5OS/c1-2-16-7-8-17-10-12-13-14-15(10)6-5-11-9-3-4-9/h9,11H,2-8H2,1H3. The van der Waals surface area contributed by atoms with E-state index in [1.54, 1.807) is 11.8 Å². The van der Waals surface area contributed by atoms with Crippen molar-refractivity contribution in [1.29, 1.82) is 0 Å². The van der Waals surface area contributed by atoms with Gasteiger partial charge in [0.2, 0.25) is 5.16 Å². The quantitative estimate of drug-likeness (QED) is 0.515. The highest BCUT2D eigenvalue weighted by Gasteiger charge is 2.19. The monoisotopic (exact) mass is 257 g/mol. The van der Waals surface area contributed by atoms with Crippen LogP contribution in [0.15, 0.2) is 5.16 Å². The number of thioether (sulfide) groups is 1. The van der Waals surface area contributed by atoms with Crippen molar-refractivity contribution in [3.8, 4) is 0 Å². The fourth-order valence-electron chi connectivity index (χ4n) is 1.44. The Kier molecular flexibility index (Phi) is 5.21. The van der Waals surface area contributed by atoms with Crippen molar-refractivity contribution in [2.24, 2.45) is 0 Å². The Morgan fingerprint density at radius 1 is 1.53 bits per heavy atom. The Balaban J connectivity index is 1.67. The van der Waals surface area contributed by atoms with E-state index in [0.717, 1.165) is 43.3 Å². The predicted octanol–water partition coefficient (Wildman–Crippen LogP) is 0.554. The average Bonchev–Trinajstić information content (AvgIpc) is 3.05. The molecule has 0 radical (unpaired) electrons. The van der Waals surface area contributed by atoms with Crippen molar-refractivity contribution in [1.82, 2.24) is 25.5 Å². The van der Waals surface area contributed by atoms with Gasteiger partial charge in [0.05, 0.1) is 13.2 Å². The van der Waals surface area contributed by atoms with E-state index in [2.05, 4.69) is 20.8 Å². The normalized spacial score (nSPS) is 15.4. The molecule has 0 amide bonds. The van der Waals surface area contributed by atoms with Gasteiger partial charge in [-0.2, -0.15) is 0 Å². The number of nitrogens with one attached hydrogen (secondary N) is 1. The second-order valence-electron chi connectivity index (χ2n) is 3.96. The molecule has 1 N–H and O–H groups in total. The van der Waals surface area contributed by atoms with Crippen molar-refractivity contribution in [3.63, 3.8) is 0 Å². The molecule has 0 saturated heterocycles. The summed E-state index contributed by atoms with van der Waals surface area (Å²) in [5.41, 5.74) is 0. The summed E-state index contributed by atoms with van der Waals surface area (Å²) in [6, 6.07) is 0.737. The van der Waals surface area contributed by atoms with Gasteiger partial charge in [0.25, 0.3) is 0 Å². The third-order valence-electron chi connectivity index (χ3n) is 2.50. The second kappa shape index (κ2) is 6.93. The average molecular weight is 257 g/mol. The van der Waals surface area contributed by atoms with E-state index in [-0.39, 0.29) is 0 Å². The van der Waals surface area contributed by atoms with Gasteiger partial charge in [-0.1, -0.05) is 11.8 Å². The van der Waals surface area contributed by atoms with Gasteiger partial charge in [-0.15, -0.1) is 5.10 Å². The molecule has 96 valence electrons. The zero-order valence-corrected chi connectivity index (χ0v) is 10.9. The summed E-state index contributed by atoms with van der Waals surface area (Å²) in [5, 5.41) is 16.0. The molecule has 1 saturated carbocycles. The first-order valence-corrected chi connectivity index (χ1v) is 7.09. The maximum absolute atomic E-state index is 5.28. The third kappa shape index (κ3) is 4.61. The van der Waals surface area contributed by atoms with Crippen molar-refractivity contribution >= 4 is 11.8 Å². The molecule has 0 atom stereocenters. The fraction of sp³-hybridized carbons (Fsp3) is 0.900. The number of hydrogen-bond acceptors (Lipinski definition) is 6. The molecule has 0 unspecified atom stereocenters. The third-order valence-corrected chi connectivity index (χ3v) is 3.42. The Hall–Kier alpha value is -0.660. The number of aromatic nitrogens is 4. The number of hydrogen-bond donors (Lipinski definition) is 1. The van der Waals surface area contributed by atoms with E-state index < -0.39 is 0 Å². The van der Waals surface area contributed by atoms with Crippen molar-refractivity contribution in [3.05, 3.63) is 0 Å². The second-order valence-corrected chi connectivity index (χ2v) is 5.02. The van der Waals surface area contributed by atoms with Gasteiger partial charge in [-0.3, -0.25) is 0 Å². The van der Waals surface area contributed by atoms with Gasteiger partial charge >= 0.3 is 0 Å². The van der Waals surface area contributed by atoms with Gasteiger partial charge < -0.3 is 10.1 Å². The number of nitrogens with zero attached hydrogens (tertiary/aromatic N) is 4. The minimum absolute atomic E-state index is 0.737. The molecule has 1 aromatic heterocycles. The van der Waals surface area contributed by atoms with Crippen LogP contribution in [0.4, 0.5) is 0 Å². The Labute approximate surface area is 105 Å². The fourth-order valence-corrected chi connectivity index (χ4v) is 2.19. The first-order chi connectivity index (χ1) is 8.40. The maximum atomic E-state index is 5.28. The van der Waals surface area contributed by atoms with Crippen LogP contribution in [0.3, 0.4) is 0 Å². The molecule has 1 aliphatic carbocycles. The smallest absolute Gasteiger partial charge is 0.209 e. The van der Waals surface area contributed by atoms with E-state index in [1.807, 2.05) is 11.6 Å². The molecule has 1 aromatic rings. The van der Waals surface area contributed by atoms with E-state index in [9.17, 15) is 0 Å². The van der Waals surface area contributed by atoms with Gasteiger partial charge in [0, 0.05) is 24.9 Å². The summed E-state index contributed by atoms with van der Waals surface area (Å²) >= 11 is 1.64. The molecule has 6 nitrogen and oxygen atoms in total. The molecule has 17 heavy (non-hydrogen) atoms. The summed E-state index contributed by atoms with van der Waals surface area (Å²) in [6.45, 7) is 5.28. The highest BCUT2D eigenvalue weighted by Crippen LogP contribution is 2.18. The van der Waals surface area contributed by atoms with Crippen LogP contribution in [0.1, 0.15) is 19.8 Å². The first kappa shape index (κ1) is 12.8. The summed E-state index contributed by atoms with van der Waals surface area (Å²) in [5.74, 6) is 0.893. The molecule has 1 aliphatic rings. The summed E-state index contributed by atoms with van der Waals surface area (Å²) in [4.78, 5) is 0. The molecule has 0 aliphatic heterocycles. The van der Waals surface area contributed by atoms with E-state index in [1.165, 1.54) is 12.8 Å². The lowest BCUT2D eigenvalue weighted by molar-refractivity contribution is 0.164. The predicted molar refractivity (Wildman–Crippen MR) is 66.1 cm³/mol. The number of tetrazole rings is 1. The van der Waals surface area contributed by atoms with Crippen LogP contribution in [-0.4, -0.2) is 51.8 Å². The lowest BCUT2D eigenvalue weighted by Crippen LogP contribution is -2.22. The highest BCUT2D eigenvalue weighted by molar-refractivity contribution is 7.99. The first-order valence-electron chi connectivity index (χ1n) is 6.10. The number of rotatable bonds is 9. The van der Waals surface area contributed by atoms with E-state index in [4.69, 9.17) is 4.74 Å².